The molecule has 0 aromatic carbocycles. The molecule has 0 saturated carbocycles. The highest BCUT2D eigenvalue weighted by Crippen LogP contribution is 2.33. The lowest BCUT2D eigenvalue weighted by Crippen LogP contribution is -2.44. The highest BCUT2D eigenvalue weighted by atomic mass is 19.4. The van der Waals surface area contributed by atoms with Crippen LogP contribution in [-0.4, -0.2) is 58.3 Å². The first-order valence-corrected chi connectivity index (χ1v) is 7.83. The summed E-state index contributed by atoms with van der Waals surface area (Å²) < 4.78 is 37.6. The van der Waals surface area contributed by atoms with Crippen LogP contribution < -0.4 is 0 Å². The van der Waals surface area contributed by atoms with E-state index in [0.29, 0.717) is 18.1 Å². The Balaban J connectivity index is 0.000000277. The first kappa shape index (κ1) is 19.2. The molecule has 2 fully saturated rings. The van der Waals surface area contributed by atoms with E-state index in [-0.39, 0.29) is 5.91 Å². The van der Waals surface area contributed by atoms with Crippen molar-refractivity contribution in [3.8, 4) is 0 Å². The van der Waals surface area contributed by atoms with Gasteiger partial charge in [0.15, 0.2) is 0 Å². The third-order valence-electron chi connectivity index (χ3n) is 4.16. The van der Waals surface area contributed by atoms with Crippen molar-refractivity contribution in [2.24, 2.45) is 5.92 Å². The zero-order valence-corrected chi connectivity index (χ0v) is 13.6. The van der Waals surface area contributed by atoms with Crippen LogP contribution in [0.3, 0.4) is 0 Å². The molecule has 1 amide bonds. The number of carbonyl (C=O) groups excluding carboxylic acids is 1. The van der Waals surface area contributed by atoms with Crippen molar-refractivity contribution in [3.63, 3.8) is 0 Å². The Morgan fingerprint density at radius 2 is 1.92 bits per heavy atom. The van der Waals surface area contributed by atoms with Crippen LogP contribution in [0.1, 0.15) is 30.1 Å². The fraction of sp³-hybridized carbons (Fsp3) is 0.562. The number of halogens is 3. The van der Waals surface area contributed by atoms with Crippen molar-refractivity contribution >= 4 is 11.9 Å². The molecule has 3 heterocycles. The summed E-state index contributed by atoms with van der Waals surface area (Å²) in [6, 6.07) is 3.56. The van der Waals surface area contributed by atoms with Gasteiger partial charge in [0.25, 0.3) is 5.91 Å². The zero-order valence-electron chi connectivity index (χ0n) is 13.6. The van der Waals surface area contributed by atoms with Crippen LogP contribution in [0.25, 0.3) is 0 Å². The van der Waals surface area contributed by atoms with Crippen molar-refractivity contribution < 1.29 is 32.6 Å². The smallest absolute Gasteiger partial charge is 0.475 e. The second-order valence-electron chi connectivity index (χ2n) is 6.06. The average Bonchev–Trinajstić information content (AvgIpc) is 2.93. The minimum Gasteiger partial charge on any atom is -0.475 e. The van der Waals surface area contributed by atoms with Crippen LogP contribution in [-0.2, 0) is 9.53 Å². The predicted octanol–water partition coefficient (Wildman–Crippen LogP) is 2.35. The number of ether oxygens (including phenoxy) is 1. The molecule has 0 aliphatic carbocycles. The van der Waals surface area contributed by atoms with E-state index in [2.05, 4.69) is 11.9 Å². The summed E-state index contributed by atoms with van der Waals surface area (Å²) in [4.78, 5) is 27.1. The Hall–Kier alpha value is -2.16. The zero-order chi connectivity index (χ0) is 18.6. The quantitative estimate of drug-likeness (QED) is 0.832. The SMILES string of the molecule is C[C@H]1C[C@H]2CN(C(=O)c3ccncc3)CC[C@H]2O1.O=C(O)C(F)(F)F. The van der Waals surface area contributed by atoms with E-state index < -0.39 is 12.1 Å². The fourth-order valence-corrected chi connectivity index (χ4v) is 3.06. The van der Waals surface area contributed by atoms with Crippen molar-refractivity contribution in [2.75, 3.05) is 13.1 Å². The van der Waals surface area contributed by atoms with Gasteiger partial charge in [-0.25, -0.2) is 4.79 Å². The summed E-state index contributed by atoms with van der Waals surface area (Å²) in [5.41, 5.74) is 0.732. The normalized spacial score (nSPS) is 25.6. The molecule has 138 valence electrons. The number of hydrogen-bond donors (Lipinski definition) is 1. The number of piperidine rings is 1. The maximum atomic E-state index is 12.3. The molecule has 0 spiro atoms. The first-order valence-electron chi connectivity index (χ1n) is 7.83. The van der Waals surface area contributed by atoms with E-state index in [1.807, 2.05) is 4.90 Å². The molecule has 9 heteroatoms. The molecule has 2 aliphatic heterocycles. The van der Waals surface area contributed by atoms with Gasteiger partial charge in [0.2, 0.25) is 0 Å². The molecule has 0 bridgehead atoms. The number of aliphatic carboxylic acids is 1. The lowest BCUT2D eigenvalue weighted by Gasteiger charge is -2.34. The molecular formula is C16H19F3N2O4. The molecular weight excluding hydrogens is 341 g/mol. The number of hydrogen-bond acceptors (Lipinski definition) is 4. The first-order chi connectivity index (χ1) is 11.7. The van der Waals surface area contributed by atoms with Crippen LogP contribution in [0.15, 0.2) is 24.5 Å². The van der Waals surface area contributed by atoms with Gasteiger partial charge in [-0.3, -0.25) is 9.78 Å². The predicted molar refractivity (Wildman–Crippen MR) is 80.9 cm³/mol. The molecule has 1 N–H and O–H groups in total. The Kier molecular flexibility index (Phi) is 5.99. The minimum atomic E-state index is -5.08. The summed E-state index contributed by atoms with van der Waals surface area (Å²) >= 11 is 0. The van der Waals surface area contributed by atoms with E-state index in [1.54, 1.807) is 24.5 Å². The van der Waals surface area contributed by atoms with Crippen LogP contribution in [0.2, 0.25) is 0 Å². The van der Waals surface area contributed by atoms with Crippen LogP contribution in [0.4, 0.5) is 13.2 Å². The molecule has 3 atom stereocenters. The van der Waals surface area contributed by atoms with E-state index in [0.717, 1.165) is 31.5 Å². The van der Waals surface area contributed by atoms with E-state index in [9.17, 15) is 18.0 Å². The third kappa shape index (κ3) is 5.15. The Morgan fingerprint density at radius 1 is 1.32 bits per heavy atom. The second-order valence-corrected chi connectivity index (χ2v) is 6.06. The van der Waals surface area contributed by atoms with Gasteiger partial charge in [0.05, 0.1) is 12.2 Å². The summed E-state index contributed by atoms with van der Waals surface area (Å²) in [5, 5.41) is 7.12. The van der Waals surface area contributed by atoms with E-state index in [4.69, 9.17) is 14.6 Å². The molecule has 1 aromatic heterocycles. The van der Waals surface area contributed by atoms with Gasteiger partial charge in [-0.05, 0) is 31.9 Å². The molecule has 2 saturated heterocycles. The van der Waals surface area contributed by atoms with Gasteiger partial charge in [-0.15, -0.1) is 0 Å². The Bertz CT molecular complexity index is 609. The monoisotopic (exact) mass is 360 g/mol. The van der Waals surface area contributed by atoms with Crippen molar-refractivity contribution in [1.82, 2.24) is 9.88 Å². The number of pyridine rings is 1. The topological polar surface area (TPSA) is 79.7 Å². The summed E-state index contributed by atoms with van der Waals surface area (Å²) in [7, 11) is 0. The number of amides is 1. The van der Waals surface area contributed by atoms with E-state index in [1.165, 1.54) is 0 Å². The summed E-state index contributed by atoms with van der Waals surface area (Å²) in [5.74, 6) is -2.12. The van der Waals surface area contributed by atoms with Gasteiger partial charge in [0.1, 0.15) is 0 Å². The van der Waals surface area contributed by atoms with Gasteiger partial charge < -0.3 is 14.7 Å². The number of likely N-dealkylation sites (tertiary alicyclic amines) is 1. The number of carbonyl (C=O) groups is 2. The lowest BCUT2D eigenvalue weighted by atomic mass is 9.92. The van der Waals surface area contributed by atoms with Gasteiger partial charge in [0, 0.05) is 37.0 Å². The molecule has 3 rings (SSSR count). The highest BCUT2D eigenvalue weighted by Gasteiger charge is 2.39. The number of alkyl halides is 3. The van der Waals surface area contributed by atoms with Crippen molar-refractivity contribution in [2.45, 2.75) is 38.1 Å². The molecule has 25 heavy (non-hydrogen) atoms. The molecule has 0 radical (unpaired) electrons. The number of aromatic nitrogens is 1. The molecule has 2 aliphatic rings. The molecule has 1 aromatic rings. The fourth-order valence-electron chi connectivity index (χ4n) is 3.06. The molecule has 0 unspecified atom stereocenters. The van der Waals surface area contributed by atoms with Gasteiger partial charge in [-0.2, -0.15) is 13.2 Å². The molecule has 6 nitrogen and oxygen atoms in total. The van der Waals surface area contributed by atoms with E-state index >= 15 is 0 Å². The number of nitrogens with zero attached hydrogens (tertiary/aromatic N) is 2. The minimum absolute atomic E-state index is 0.121. The number of rotatable bonds is 1. The Morgan fingerprint density at radius 3 is 2.48 bits per heavy atom. The number of fused-ring (bicyclic) bond motifs is 1. The largest absolute Gasteiger partial charge is 0.490 e. The van der Waals surface area contributed by atoms with Gasteiger partial charge >= 0.3 is 12.1 Å². The number of carboxylic acids is 1. The number of carboxylic acid groups (broad SMARTS) is 1. The lowest BCUT2D eigenvalue weighted by molar-refractivity contribution is -0.192. The maximum Gasteiger partial charge on any atom is 0.490 e. The van der Waals surface area contributed by atoms with Crippen molar-refractivity contribution in [3.05, 3.63) is 30.1 Å². The highest BCUT2D eigenvalue weighted by molar-refractivity contribution is 5.94. The van der Waals surface area contributed by atoms with Crippen molar-refractivity contribution in [1.29, 1.82) is 0 Å². The van der Waals surface area contributed by atoms with Gasteiger partial charge in [-0.1, -0.05) is 0 Å². The summed E-state index contributed by atoms with van der Waals surface area (Å²) in [6.45, 7) is 3.75. The summed E-state index contributed by atoms with van der Waals surface area (Å²) in [6.07, 6.45) is 0.996. The Labute approximate surface area is 142 Å². The van der Waals surface area contributed by atoms with Crippen LogP contribution >= 0.6 is 0 Å². The third-order valence-corrected chi connectivity index (χ3v) is 4.16. The van der Waals surface area contributed by atoms with Crippen LogP contribution in [0, 0.1) is 5.92 Å². The average molecular weight is 360 g/mol. The van der Waals surface area contributed by atoms with Crippen LogP contribution in [0.5, 0.6) is 0 Å². The maximum absolute atomic E-state index is 12.3. The second kappa shape index (κ2) is 7.81. The standard InChI is InChI=1S/C14H18N2O2.C2HF3O2/c1-10-8-12-9-16(7-4-13(12)18-10)14(17)11-2-5-15-6-3-11;3-2(4,5)1(6)7/h2-3,5-6,10,12-13H,4,7-9H2,1H3;(H,6,7)/t10-,12-,13+;/m0./s1.